The van der Waals surface area contributed by atoms with Crippen molar-refractivity contribution in [3.8, 4) is 0 Å². The molecule has 0 radical (unpaired) electrons. The third kappa shape index (κ3) is 4.72. The number of anilines is 1. The first-order valence-corrected chi connectivity index (χ1v) is 8.71. The van der Waals surface area contributed by atoms with Crippen LogP contribution in [0, 0.1) is 5.82 Å². The molecular weight excluding hydrogens is 367 g/mol. The number of carbonyl (C=O) groups is 3. The average molecular weight is 386 g/mol. The Morgan fingerprint density at radius 3 is 2.61 bits per heavy atom. The van der Waals surface area contributed by atoms with Crippen molar-refractivity contribution in [2.75, 3.05) is 25.1 Å². The number of nitrogens with zero attached hydrogens (tertiary/aromatic N) is 1. The lowest BCUT2D eigenvalue weighted by molar-refractivity contribution is -0.139. The molecule has 0 bridgehead atoms. The fraction of sp³-hybridized carbons (Fsp3) is 0.250. The van der Waals surface area contributed by atoms with Gasteiger partial charge in [-0.15, -0.1) is 0 Å². The lowest BCUT2D eigenvalue weighted by atomic mass is 10.1. The van der Waals surface area contributed by atoms with Crippen LogP contribution in [0.25, 0.3) is 0 Å². The fourth-order valence-electron chi connectivity index (χ4n) is 2.99. The second-order valence-electron chi connectivity index (χ2n) is 6.37. The Morgan fingerprint density at radius 2 is 1.89 bits per heavy atom. The number of rotatable bonds is 5. The minimum atomic E-state index is -1.01. The fourth-order valence-corrected chi connectivity index (χ4v) is 2.99. The van der Waals surface area contributed by atoms with Crippen molar-refractivity contribution >= 4 is 23.5 Å². The van der Waals surface area contributed by atoms with Crippen LogP contribution in [0.2, 0.25) is 0 Å². The van der Waals surface area contributed by atoms with E-state index in [9.17, 15) is 18.8 Å². The number of nitrogens with one attached hydrogen (secondary N) is 1. The molecule has 8 heteroatoms. The van der Waals surface area contributed by atoms with Crippen LogP contribution >= 0.6 is 0 Å². The van der Waals surface area contributed by atoms with E-state index < -0.39 is 23.7 Å². The van der Waals surface area contributed by atoms with Gasteiger partial charge in [0.05, 0.1) is 25.7 Å². The van der Waals surface area contributed by atoms with Crippen LogP contribution in [-0.2, 0) is 9.53 Å². The van der Waals surface area contributed by atoms with Crippen molar-refractivity contribution in [1.29, 1.82) is 0 Å². The number of halogens is 1. The van der Waals surface area contributed by atoms with Gasteiger partial charge < -0.3 is 20.1 Å². The van der Waals surface area contributed by atoms with E-state index in [0.717, 1.165) is 0 Å². The third-order valence-electron chi connectivity index (χ3n) is 4.37. The molecule has 2 aromatic carbocycles. The summed E-state index contributed by atoms with van der Waals surface area (Å²) in [7, 11) is 0. The van der Waals surface area contributed by atoms with Crippen molar-refractivity contribution in [2.45, 2.75) is 12.5 Å². The first kappa shape index (κ1) is 19.5. The van der Waals surface area contributed by atoms with Crippen molar-refractivity contribution < 1.29 is 28.6 Å². The number of carboxylic acids is 1. The van der Waals surface area contributed by atoms with E-state index in [-0.39, 0.29) is 24.5 Å². The Balaban J connectivity index is 1.74. The van der Waals surface area contributed by atoms with Crippen molar-refractivity contribution in [2.24, 2.45) is 0 Å². The van der Waals surface area contributed by atoms with Crippen LogP contribution in [0.15, 0.2) is 48.5 Å². The summed E-state index contributed by atoms with van der Waals surface area (Å²) in [5, 5.41) is 11.7. The molecule has 0 aliphatic carbocycles. The molecule has 1 atom stereocenters. The SMILES string of the molecule is O=C(O)CC1COCCN1C(=O)c1cccc(NC(=O)c2ccc(F)cc2)c1. The summed E-state index contributed by atoms with van der Waals surface area (Å²) >= 11 is 0. The molecule has 2 amide bonds. The Hall–Kier alpha value is -3.26. The second kappa shape index (κ2) is 8.62. The zero-order chi connectivity index (χ0) is 20.1. The molecule has 1 aliphatic rings. The van der Waals surface area contributed by atoms with E-state index in [1.807, 2.05) is 0 Å². The van der Waals surface area contributed by atoms with Crippen LogP contribution in [0.1, 0.15) is 27.1 Å². The smallest absolute Gasteiger partial charge is 0.305 e. The van der Waals surface area contributed by atoms with E-state index in [1.54, 1.807) is 18.2 Å². The Morgan fingerprint density at radius 1 is 1.14 bits per heavy atom. The first-order chi connectivity index (χ1) is 13.4. The molecule has 28 heavy (non-hydrogen) atoms. The third-order valence-corrected chi connectivity index (χ3v) is 4.37. The van der Waals surface area contributed by atoms with Crippen LogP contribution in [0.5, 0.6) is 0 Å². The topological polar surface area (TPSA) is 95.9 Å². The van der Waals surface area contributed by atoms with Gasteiger partial charge in [0.1, 0.15) is 5.82 Å². The van der Waals surface area contributed by atoms with Gasteiger partial charge >= 0.3 is 5.97 Å². The van der Waals surface area contributed by atoms with Crippen LogP contribution in [-0.4, -0.2) is 53.6 Å². The molecule has 1 aliphatic heterocycles. The van der Waals surface area contributed by atoms with Gasteiger partial charge in [-0.3, -0.25) is 14.4 Å². The minimum Gasteiger partial charge on any atom is -0.481 e. The largest absolute Gasteiger partial charge is 0.481 e. The molecule has 1 fully saturated rings. The number of aliphatic carboxylic acids is 1. The molecule has 2 N–H and O–H groups in total. The highest BCUT2D eigenvalue weighted by atomic mass is 19.1. The normalized spacial score (nSPS) is 16.5. The molecule has 1 heterocycles. The minimum absolute atomic E-state index is 0.166. The molecule has 3 rings (SSSR count). The van der Waals surface area contributed by atoms with Crippen molar-refractivity contribution in [3.63, 3.8) is 0 Å². The quantitative estimate of drug-likeness (QED) is 0.823. The monoisotopic (exact) mass is 386 g/mol. The number of morpholine rings is 1. The maximum Gasteiger partial charge on any atom is 0.305 e. The Kier molecular flexibility index (Phi) is 6.00. The average Bonchev–Trinajstić information content (AvgIpc) is 2.68. The van der Waals surface area contributed by atoms with Crippen molar-refractivity contribution in [1.82, 2.24) is 4.90 Å². The number of ether oxygens (including phenoxy) is 1. The molecule has 146 valence electrons. The van der Waals surface area contributed by atoms with E-state index in [4.69, 9.17) is 9.84 Å². The number of carbonyl (C=O) groups excluding carboxylic acids is 2. The van der Waals surface area contributed by atoms with Crippen LogP contribution < -0.4 is 5.32 Å². The highest BCUT2D eigenvalue weighted by molar-refractivity contribution is 6.05. The molecule has 1 unspecified atom stereocenters. The predicted molar refractivity (Wildman–Crippen MR) is 98.7 cm³/mol. The lowest BCUT2D eigenvalue weighted by Crippen LogP contribution is -2.49. The molecule has 1 saturated heterocycles. The number of hydrogen-bond acceptors (Lipinski definition) is 4. The standard InChI is InChI=1S/C20H19FN2O5/c21-15-6-4-13(5-7-15)19(26)22-16-3-1-2-14(10-16)20(27)23-8-9-28-12-17(23)11-18(24)25/h1-7,10,17H,8-9,11-12H2,(H,22,26)(H,24,25). The summed E-state index contributed by atoms with van der Waals surface area (Å²) in [6, 6.07) is 10.9. The van der Waals surface area contributed by atoms with Crippen LogP contribution in [0.3, 0.4) is 0 Å². The second-order valence-corrected chi connectivity index (χ2v) is 6.37. The zero-order valence-electron chi connectivity index (χ0n) is 14.9. The van der Waals surface area contributed by atoms with Gasteiger partial charge in [0.25, 0.3) is 11.8 Å². The van der Waals surface area contributed by atoms with Gasteiger partial charge in [-0.25, -0.2) is 4.39 Å². The predicted octanol–water partition coefficient (Wildman–Crippen LogP) is 2.39. The molecule has 2 aromatic rings. The molecule has 0 spiro atoms. The summed E-state index contributed by atoms with van der Waals surface area (Å²) in [4.78, 5) is 37.7. The number of carboxylic acid groups (broad SMARTS) is 1. The van der Waals surface area contributed by atoms with E-state index in [1.165, 1.54) is 35.2 Å². The van der Waals surface area contributed by atoms with Gasteiger partial charge in [0, 0.05) is 23.4 Å². The zero-order valence-corrected chi connectivity index (χ0v) is 14.9. The summed E-state index contributed by atoms with van der Waals surface area (Å²) in [5.74, 6) is -2.20. The number of hydrogen-bond donors (Lipinski definition) is 2. The molecule has 0 saturated carbocycles. The van der Waals surface area contributed by atoms with Gasteiger partial charge in [0.2, 0.25) is 0 Å². The van der Waals surface area contributed by atoms with Crippen molar-refractivity contribution in [3.05, 3.63) is 65.5 Å². The number of benzene rings is 2. The Bertz CT molecular complexity index is 884. The summed E-state index contributed by atoms with van der Waals surface area (Å²) in [5.41, 5.74) is 1.02. The van der Waals surface area contributed by atoms with E-state index >= 15 is 0 Å². The molecular formula is C20H19FN2O5. The summed E-state index contributed by atoms with van der Waals surface area (Å²) in [6.45, 7) is 0.796. The van der Waals surface area contributed by atoms with Gasteiger partial charge in [-0.1, -0.05) is 6.07 Å². The van der Waals surface area contributed by atoms with Crippen LogP contribution in [0.4, 0.5) is 10.1 Å². The first-order valence-electron chi connectivity index (χ1n) is 8.71. The lowest BCUT2D eigenvalue weighted by Gasteiger charge is -2.35. The van der Waals surface area contributed by atoms with E-state index in [2.05, 4.69) is 5.32 Å². The molecule has 0 aromatic heterocycles. The highest BCUT2D eigenvalue weighted by Crippen LogP contribution is 2.18. The van der Waals surface area contributed by atoms with Gasteiger partial charge in [-0.05, 0) is 42.5 Å². The van der Waals surface area contributed by atoms with Gasteiger partial charge in [-0.2, -0.15) is 0 Å². The highest BCUT2D eigenvalue weighted by Gasteiger charge is 2.29. The maximum absolute atomic E-state index is 13.0. The maximum atomic E-state index is 13.0. The molecule has 7 nitrogen and oxygen atoms in total. The summed E-state index contributed by atoms with van der Waals surface area (Å²) in [6.07, 6.45) is -0.202. The van der Waals surface area contributed by atoms with E-state index in [0.29, 0.717) is 24.4 Å². The number of amides is 2. The Labute approximate surface area is 160 Å². The van der Waals surface area contributed by atoms with Gasteiger partial charge in [0.15, 0.2) is 0 Å². The summed E-state index contributed by atoms with van der Waals surface area (Å²) < 4.78 is 18.3.